The molecule has 0 aliphatic carbocycles. The van der Waals surface area contributed by atoms with Crippen LogP contribution in [0.1, 0.15) is 5.56 Å². The Hall–Kier alpha value is -2.04. The topological polar surface area (TPSA) is 53.1 Å². The molecule has 0 aliphatic heterocycles. The van der Waals surface area contributed by atoms with Gasteiger partial charge in [-0.15, -0.1) is 0 Å². The average molecular weight is 338 g/mol. The molecule has 2 aromatic carbocycles. The number of hydrogen-bond donors (Lipinski definition) is 2. The minimum absolute atomic E-state index is 0.238. The molecule has 22 heavy (non-hydrogen) atoms. The second-order valence-electron chi connectivity index (χ2n) is 4.84. The van der Waals surface area contributed by atoms with Crippen LogP contribution < -0.4 is 0 Å². The first-order valence-electron chi connectivity index (χ1n) is 6.43. The highest BCUT2D eigenvalue weighted by Crippen LogP contribution is 2.36. The van der Waals surface area contributed by atoms with Gasteiger partial charge in [0.1, 0.15) is 5.82 Å². The third-order valence-corrected chi connectivity index (χ3v) is 3.97. The van der Waals surface area contributed by atoms with E-state index in [1.165, 1.54) is 6.07 Å². The number of carbonyl (C=O) groups is 1. The van der Waals surface area contributed by atoms with Crippen LogP contribution in [0.4, 0.5) is 4.39 Å². The summed E-state index contributed by atoms with van der Waals surface area (Å²) in [5.74, 6) is -1.45. The molecular weight excluding hydrogens is 328 g/mol. The fourth-order valence-corrected chi connectivity index (χ4v) is 3.00. The van der Waals surface area contributed by atoms with Gasteiger partial charge in [-0.3, -0.25) is 4.79 Å². The van der Waals surface area contributed by atoms with E-state index in [4.69, 9.17) is 28.3 Å². The van der Waals surface area contributed by atoms with E-state index in [1.54, 1.807) is 30.3 Å². The Bertz CT molecular complexity index is 889. The maximum Gasteiger partial charge on any atom is 0.307 e. The smallest absolute Gasteiger partial charge is 0.307 e. The van der Waals surface area contributed by atoms with Gasteiger partial charge in [0.05, 0.1) is 22.7 Å². The Morgan fingerprint density at radius 2 is 2.00 bits per heavy atom. The van der Waals surface area contributed by atoms with Crippen LogP contribution in [0.5, 0.6) is 0 Å². The average Bonchev–Trinajstić information content (AvgIpc) is 2.79. The van der Waals surface area contributed by atoms with Gasteiger partial charge in [0.25, 0.3) is 0 Å². The number of nitrogens with one attached hydrogen (secondary N) is 1. The van der Waals surface area contributed by atoms with Crippen molar-refractivity contribution in [1.82, 2.24) is 4.98 Å². The molecular formula is C16H10Cl2FNO2. The Kier molecular flexibility index (Phi) is 3.81. The minimum Gasteiger partial charge on any atom is -0.481 e. The van der Waals surface area contributed by atoms with Gasteiger partial charge in [-0.1, -0.05) is 35.3 Å². The van der Waals surface area contributed by atoms with Crippen LogP contribution >= 0.6 is 23.2 Å². The van der Waals surface area contributed by atoms with Crippen LogP contribution in [0.25, 0.3) is 22.2 Å². The van der Waals surface area contributed by atoms with E-state index in [1.807, 2.05) is 0 Å². The number of fused-ring (bicyclic) bond motifs is 1. The predicted octanol–water partition coefficient (Wildman–Crippen LogP) is 4.91. The molecule has 112 valence electrons. The molecule has 0 amide bonds. The van der Waals surface area contributed by atoms with E-state index in [-0.39, 0.29) is 11.9 Å². The molecule has 3 nitrogen and oxygen atoms in total. The van der Waals surface area contributed by atoms with Gasteiger partial charge in [0, 0.05) is 16.0 Å². The summed E-state index contributed by atoms with van der Waals surface area (Å²) in [5.41, 5.74) is 1.83. The van der Waals surface area contributed by atoms with Gasteiger partial charge in [-0.2, -0.15) is 0 Å². The summed E-state index contributed by atoms with van der Waals surface area (Å²) in [6.45, 7) is 0. The van der Waals surface area contributed by atoms with Gasteiger partial charge in [-0.05, 0) is 29.8 Å². The van der Waals surface area contributed by atoms with Crippen molar-refractivity contribution >= 4 is 40.1 Å². The minimum atomic E-state index is -1.00. The lowest BCUT2D eigenvalue weighted by molar-refractivity contribution is -0.136. The molecule has 0 atom stereocenters. The molecule has 2 N–H and O–H groups in total. The Balaban J connectivity index is 2.32. The first-order valence-corrected chi connectivity index (χ1v) is 7.19. The van der Waals surface area contributed by atoms with Crippen molar-refractivity contribution in [2.24, 2.45) is 0 Å². The number of carboxylic acid groups (broad SMARTS) is 1. The normalized spacial score (nSPS) is 11.0. The Morgan fingerprint density at radius 1 is 1.23 bits per heavy atom. The van der Waals surface area contributed by atoms with Crippen molar-refractivity contribution in [3.05, 3.63) is 57.8 Å². The number of halogens is 3. The first kappa shape index (κ1) is 14.9. The van der Waals surface area contributed by atoms with Gasteiger partial charge in [0.15, 0.2) is 0 Å². The van der Waals surface area contributed by atoms with Crippen molar-refractivity contribution in [3.8, 4) is 11.3 Å². The lowest BCUT2D eigenvalue weighted by atomic mass is 10.0. The standard InChI is InChI=1S/C16H10Cl2FNO2/c17-8-4-5-10(12(18)6-8)15-11(7-14(21)22)9-2-1-3-13(19)16(9)20-15/h1-6,20H,7H2,(H,21,22). The fourth-order valence-electron chi connectivity index (χ4n) is 2.49. The van der Waals surface area contributed by atoms with Crippen molar-refractivity contribution in [3.63, 3.8) is 0 Å². The predicted molar refractivity (Wildman–Crippen MR) is 85.1 cm³/mol. The SMILES string of the molecule is O=C(O)Cc1c(-c2ccc(Cl)cc2Cl)[nH]c2c(F)cccc12. The van der Waals surface area contributed by atoms with E-state index in [0.717, 1.165) is 0 Å². The third-order valence-electron chi connectivity index (χ3n) is 3.42. The number of aliphatic carboxylic acids is 1. The van der Waals surface area contributed by atoms with Gasteiger partial charge >= 0.3 is 5.97 Å². The highest BCUT2D eigenvalue weighted by Gasteiger charge is 2.19. The van der Waals surface area contributed by atoms with E-state index < -0.39 is 11.8 Å². The quantitative estimate of drug-likeness (QED) is 0.713. The van der Waals surface area contributed by atoms with E-state index in [0.29, 0.717) is 32.3 Å². The van der Waals surface area contributed by atoms with Crippen LogP contribution in [-0.2, 0) is 11.2 Å². The number of H-pyrrole nitrogens is 1. The molecule has 0 bridgehead atoms. The van der Waals surface area contributed by atoms with E-state index >= 15 is 0 Å². The Labute approximate surface area is 135 Å². The number of aromatic amines is 1. The number of hydrogen-bond acceptors (Lipinski definition) is 1. The third kappa shape index (κ3) is 2.56. The first-order chi connectivity index (χ1) is 10.5. The maximum atomic E-state index is 14.0. The molecule has 1 heterocycles. The summed E-state index contributed by atoms with van der Waals surface area (Å²) in [6.07, 6.45) is -0.238. The van der Waals surface area contributed by atoms with Gasteiger partial charge in [0.2, 0.25) is 0 Å². The summed E-state index contributed by atoms with van der Waals surface area (Å²) in [5, 5.41) is 10.5. The van der Waals surface area contributed by atoms with Crippen molar-refractivity contribution < 1.29 is 14.3 Å². The summed E-state index contributed by atoms with van der Waals surface area (Å²) in [7, 11) is 0. The number of benzene rings is 2. The van der Waals surface area contributed by atoms with Crippen LogP contribution in [0.3, 0.4) is 0 Å². The number of para-hydroxylation sites is 1. The summed E-state index contributed by atoms with van der Waals surface area (Å²) < 4.78 is 14.0. The fraction of sp³-hybridized carbons (Fsp3) is 0.0625. The molecule has 0 unspecified atom stereocenters. The molecule has 1 aromatic heterocycles. The van der Waals surface area contributed by atoms with E-state index in [9.17, 15) is 9.18 Å². The second-order valence-corrected chi connectivity index (χ2v) is 5.68. The molecule has 6 heteroatoms. The zero-order chi connectivity index (χ0) is 15.9. The molecule has 0 fully saturated rings. The van der Waals surface area contributed by atoms with Crippen LogP contribution in [-0.4, -0.2) is 16.1 Å². The summed E-state index contributed by atoms with van der Waals surface area (Å²) in [6, 6.07) is 9.43. The molecule has 3 aromatic rings. The zero-order valence-electron chi connectivity index (χ0n) is 11.2. The second kappa shape index (κ2) is 5.63. The van der Waals surface area contributed by atoms with Crippen molar-refractivity contribution in [1.29, 1.82) is 0 Å². The van der Waals surface area contributed by atoms with Gasteiger partial charge < -0.3 is 10.1 Å². The summed E-state index contributed by atoms with van der Waals surface area (Å²) in [4.78, 5) is 14.1. The van der Waals surface area contributed by atoms with Crippen LogP contribution in [0, 0.1) is 5.82 Å². The number of aromatic nitrogens is 1. The molecule has 0 saturated heterocycles. The number of rotatable bonds is 3. The molecule has 0 aliphatic rings. The van der Waals surface area contributed by atoms with Gasteiger partial charge in [-0.25, -0.2) is 4.39 Å². The lowest BCUT2D eigenvalue weighted by Crippen LogP contribution is -2.01. The van der Waals surface area contributed by atoms with Crippen molar-refractivity contribution in [2.75, 3.05) is 0 Å². The molecule has 0 saturated carbocycles. The molecule has 0 radical (unpaired) electrons. The highest BCUT2D eigenvalue weighted by atomic mass is 35.5. The van der Waals surface area contributed by atoms with Crippen LogP contribution in [0.15, 0.2) is 36.4 Å². The maximum absolute atomic E-state index is 14.0. The Morgan fingerprint density at radius 3 is 2.68 bits per heavy atom. The monoisotopic (exact) mass is 337 g/mol. The number of carboxylic acids is 1. The molecule has 3 rings (SSSR count). The zero-order valence-corrected chi connectivity index (χ0v) is 12.7. The highest BCUT2D eigenvalue weighted by molar-refractivity contribution is 6.36. The van der Waals surface area contributed by atoms with Crippen LogP contribution in [0.2, 0.25) is 10.0 Å². The summed E-state index contributed by atoms with van der Waals surface area (Å²) >= 11 is 12.1. The molecule has 0 spiro atoms. The van der Waals surface area contributed by atoms with E-state index in [2.05, 4.69) is 4.98 Å². The largest absolute Gasteiger partial charge is 0.481 e. The lowest BCUT2D eigenvalue weighted by Gasteiger charge is -2.06. The van der Waals surface area contributed by atoms with Crippen molar-refractivity contribution in [2.45, 2.75) is 6.42 Å².